The minimum atomic E-state index is 0.628. The standard InChI is InChI=1S/C14H18NO2/c1-4-16-15-9-5-6-13(10-15)17-14-11(2)7-8-12(14)3/h5-6,9-10H,2,4,7-8H2,1,3H3/q+1. The first kappa shape index (κ1) is 11.7. The molecule has 0 aliphatic heterocycles. The van der Waals surface area contributed by atoms with Crippen LogP contribution in [-0.2, 0) is 0 Å². The van der Waals surface area contributed by atoms with E-state index in [1.165, 1.54) is 5.57 Å². The van der Waals surface area contributed by atoms with Crippen LogP contribution in [0, 0.1) is 0 Å². The predicted octanol–water partition coefficient (Wildman–Crippen LogP) is 2.43. The van der Waals surface area contributed by atoms with Gasteiger partial charge in [0.1, 0.15) is 5.76 Å². The van der Waals surface area contributed by atoms with Crippen LogP contribution >= 0.6 is 0 Å². The van der Waals surface area contributed by atoms with Gasteiger partial charge in [0.15, 0.2) is 12.4 Å². The fourth-order valence-electron chi connectivity index (χ4n) is 1.87. The number of ether oxygens (including phenoxy) is 1. The minimum Gasteiger partial charge on any atom is -0.451 e. The van der Waals surface area contributed by atoms with Gasteiger partial charge >= 0.3 is 0 Å². The molecule has 0 spiro atoms. The number of hydrogen-bond donors (Lipinski definition) is 0. The van der Waals surface area contributed by atoms with E-state index in [1.54, 1.807) is 4.73 Å². The van der Waals surface area contributed by atoms with Crippen molar-refractivity contribution in [2.75, 3.05) is 6.61 Å². The van der Waals surface area contributed by atoms with Crippen LogP contribution in [0.3, 0.4) is 0 Å². The van der Waals surface area contributed by atoms with Gasteiger partial charge in [0.05, 0.1) is 0 Å². The number of allylic oxidation sites excluding steroid dienone is 2. The van der Waals surface area contributed by atoms with Gasteiger partial charge in [-0.1, -0.05) is 6.58 Å². The second-order valence-electron chi connectivity index (χ2n) is 4.13. The number of hydrogen-bond acceptors (Lipinski definition) is 2. The van der Waals surface area contributed by atoms with Gasteiger partial charge in [0.25, 0.3) is 6.20 Å². The van der Waals surface area contributed by atoms with E-state index in [4.69, 9.17) is 9.57 Å². The van der Waals surface area contributed by atoms with Gasteiger partial charge in [0, 0.05) is 10.8 Å². The highest BCUT2D eigenvalue weighted by molar-refractivity contribution is 5.36. The van der Waals surface area contributed by atoms with E-state index in [-0.39, 0.29) is 0 Å². The average molecular weight is 232 g/mol. The molecule has 0 atom stereocenters. The smallest absolute Gasteiger partial charge is 0.264 e. The summed E-state index contributed by atoms with van der Waals surface area (Å²) >= 11 is 0. The maximum atomic E-state index is 5.87. The molecule has 0 aromatic carbocycles. The molecule has 1 aliphatic rings. The molecule has 0 unspecified atom stereocenters. The Morgan fingerprint density at radius 1 is 1.41 bits per heavy atom. The molecule has 0 saturated carbocycles. The van der Waals surface area contributed by atoms with Gasteiger partial charge in [0.2, 0.25) is 6.20 Å². The third-order valence-electron chi connectivity index (χ3n) is 2.76. The van der Waals surface area contributed by atoms with Gasteiger partial charge in [-0.3, -0.25) is 4.84 Å². The van der Waals surface area contributed by atoms with Crippen LogP contribution in [0.5, 0.6) is 5.75 Å². The SMILES string of the molecule is C=C1CCC(C)=C1Oc1ccc[n+](OCC)c1. The number of rotatable bonds is 4. The molecule has 0 N–H and O–H groups in total. The monoisotopic (exact) mass is 232 g/mol. The maximum absolute atomic E-state index is 5.87. The normalized spacial score (nSPS) is 15.3. The fraction of sp³-hybridized carbons (Fsp3) is 0.357. The first-order valence-electron chi connectivity index (χ1n) is 5.91. The van der Waals surface area contributed by atoms with Crippen molar-refractivity contribution in [2.45, 2.75) is 26.7 Å². The van der Waals surface area contributed by atoms with E-state index in [1.807, 2.05) is 31.5 Å². The number of aromatic nitrogens is 1. The molecule has 0 fully saturated rings. The topological polar surface area (TPSA) is 22.3 Å². The lowest BCUT2D eigenvalue weighted by Gasteiger charge is -2.07. The van der Waals surface area contributed by atoms with Crippen molar-refractivity contribution in [2.24, 2.45) is 0 Å². The highest BCUT2D eigenvalue weighted by atomic mass is 16.7. The summed E-state index contributed by atoms with van der Waals surface area (Å²) in [7, 11) is 0. The van der Waals surface area contributed by atoms with Crippen LogP contribution in [-0.4, -0.2) is 6.61 Å². The summed E-state index contributed by atoms with van der Waals surface area (Å²) in [6, 6.07) is 3.82. The first-order chi connectivity index (χ1) is 8.20. The van der Waals surface area contributed by atoms with Crippen LogP contribution in [0.2, 0.25) is 0 Å². The van der Waals surface area contributed by atoms with E-state index in [9.17, 15) is 0 Å². The van der Waals surface area contributed by atoms with Gasteiger partial charge in [-0.2, -0.15) is 0 Å². The van der Waals surface area contributed by atoms with Crippen LogP contribution in [0.15, 0.2) is 48.0 Å². The summed E-state index contributed by atoms with van der Waals surface area (Å²) in [6.07, 6.45) is 5.72. The van der Waals surface area contributed by atoms with Crippen molar-refractivity contribution in [3.05, 3.63) is 48.0 Å². The minimum absolute atomic E-state index is 0.628. The number of pyridine rings is 1. The molecule has 3 nitrogen and oxygen atoms in total. The highest BCUT2D eigenvalue weighted by Gasteiger charge is 2.18. The van der Waals surface area contributed by atoms with Crippen molar-refractivity contribution < 1.29 is 14.3 Å². The quantitative estimate of drug-likeness (QED) is 0.744. The van der Waals surface area contributed by atoms with E-state index < -0.39 is 0 Å². The molecule has 2 rings (SSSR count). The predicted molar refractivity (Wildman–Crippen MR) is 65.5 cm³/mol. The molecule has 0 radical (unpaired) electrons. The Morgan fingerprint density at radius 2 is 2.24 bits per heavy atom. The third-order valence-corrected chi connectivity index (χ3v) is 2.76. The molecular formula is C14H18NO2+. The summed E-state index contributed by atoms with van der Waals surface area (Å²) in [6.45, 7) is 8.69. The third kappa shape index (κ3) is 2.67. The van der Waals surface area contributed by atoms with Crippen molar-refractivity contribution in [1.82, 2.24) is 0 Å². The molecule has 90 valence electrons. The summed E-state index contributed by atoms with van der Waals surface area (Å²) < 4.78 is 7.52. The van der Waals surface area contributed by atoms with Gasteiger partial charge in [-0.25, -0.2) is 0 Å². The van der Waals surface area contributed by atoms with Crippen molar-refractivity contribution in [3.8, 4) is 5.75 Å². The van der Waals surface area contributed by atoms with Gasteiger partial charge in [-0.15, -0.1) is 0 Å². The molecular weight excluding hydrogens is 214 g/mol. The Morgan fingerprint density at radius 3 is 2.88 bits per heavy atom. The van der Waals surface area contributed by atoms with Crippen LogP contribution in [0.1, 0.15) is 26.7 Å². The molecule has 3 heteroatoms. The molecule has 0 bridgehead atoms. The molecule has 17 heavy (non-hydrogen) atoms. The second kappa shape index (κ2) is 5.04. The zero-order valence-corrected chi connectivity index (χ0v) is 10.4. The Bertz CT molecular complexity index is 463. The Balaban J connectivity index is 2.16. The lowest BCUT2D eigenvalue weighted by molar-refractivity contribution is -0.891. The zero-order chi connectivity index (χ0) is 12.3. The Hall–Kier alpha value is -1.77. The van der Waals surface area contributed by atoms with Crippen molar-refractivity contribution in [1.29, 1.82) is 0 Å². The van der Waals surface area contributed by atoms with Crippen LogP contribution in [0.25, 0.3) is 0 Å². The Kier molecular flexibility index (Phi) is 3.47. The van der Waals surface area contributed by atoms with Gasteiger partial charge < -0.3 is 4.74 Å². The van der Waals surface area contributed by atoms with Gasteiger partial charge in [-0.05, 0) is 43.9 Å². The van der Waals surface area contributed by atoms with E-state index in [2.05, 4.69) is 13.5 Å². The molecule has 0 saturated heterocycles. The van der Waals surface area contributed by atoms with Crippen LogP contribution < -0.4 is 14.3 Å². The molecule has 1 aromatic rings. The van der Waals surface area contributed by atoms with E-state index in [0.29, 0.717) is 6.61 Å². The summed E-state index contributed by atoms with van der Waals surface area (Å²) in [4.78, 5) is 5.36. The lowest BCUT2D eigenvalue weighted by atomic mass is 10.2. The van der Waals surface area contributed by atoms with Crippen molar-refractivity contribution in [3.63, 3.8) is 0 Å². The zero-order valence-electron chi connectivity index (χ0n) is 10.4. The second-order valence-corrected chi connectivity index (χ2v) is 4.13. The lowest BCUT2D eigenvalue weighted by Crippen LogP contribution is -2.41. The van der Waals surface area contributed by atoms with Crippen LogP contribution in [0.4, 0.5) is 0 Å². The molecule has 0 amide bonds. The van der Waals surface area contributed by atoms with E-state index >= 15 is 0 Å². The summed E-state index contributed by atoms with van der Waals surface area (Å²) in [5.74, 6) is 1.71. The fourth-order valence-corrected chi connectivity index (χ4v) is 1.87. The summed E-state index contributed by atoms with van der Waals surface area (Å²) in [5.41, 5.74) is 2.34. The molecule has 1 heterocycles. The highest BCUT2D eigenvalue weighted by Crippen LogP contribution is 2.31. The molecule has 1 aliphatic carbocycles. The first-order valence-corrected chi connectivity index (χ1v) is 5.91. The average Bonchev–Trinajstić information content (AvgIpc) is 2.62. The molecule has 1 aromatic heterocycles. The maximum Gasteiger partial charge on any atom is 0.264 e. The number of nitrogens with zero attached hydrogens (tertiary/aromatic N) is 1. The largest absolute Gasteiger partial charge is 0.451 e. The van der Waals surface area contributed by atoms with E-state index in [0.717, 1.165) is 29.9 Å². The summed E-state index contributed by atoms with van der Waals surface area (Å²) in [5, 5.41) is 0. The van der Waals surface area contributed by atoms with Crippen molar-refractivity contribution >= 4 is 0 Å². The Labute approximate surface area is 102 Å².